The van der Waals surface area contributed by atoms with Gasteiger partial charge in [-0.05, 0) is 35.7 Å². The molecule has 0 radical (unpaired) electrons. The second-order valence-corrected chi connectivity index (χ2v) is 4.66. The molecule has 4 heteroatoms. The predicted octanol–water partition coefficient (Wildman–Crippen LogP) is 4.67. The highest BCUT2D eigenvalue weighted by Gasteiger charge is 2.16. The van der Waals surface area contributed by atoms with E-state index in [9.17, 15) is 13.2 Å². The first-order valence-electron chi connectivity index (χ1n) is 5.85. The zero-order chi connectivity index (χ0) is 13.8. The maximum Gasteiger partial charge on any atom is 0.126 e. The van der Waals surface area contributed by atoms with Crippen LogP contribution in [0.15, 0.2) is 42.5 Å². The lowest BCUT2D eigenvalue weighted by atomic mass is 9.93. The van der Waals surface area contributed by atoms with Gasteiger partial charge in [-0.1, -0.05) is 18.2 Å². The maximum absolute atomic E-state index is 13.7. The Hall–Kier alpha value is -1.48. The molecule has 2 rings (SSSR count). The number of hydrogen-bond acceptors (Lipinski definition) is 0. The predicted molar refractivity (Wildman–Crippen MR) is 69.9 cm³/mol. The van der Waals surface area contributed by atoms with Crippen LogP contribution in [0.25, 0.3) is 0 Å². The van der Waals surface area contributed by atoms with Gasteiger partial charge in [0.15, 0.2) is 0 Å². The average Bonchev–Trinajstić information content (AvgIpc) is 2.36. The number of benzene rings is 2. The number of alkyl halides is 1. The van der Waals surface area contributed by atoms with Crippen molar-refractivity contribution >= 4 is 11.6 Å². The molecule has 0 aromatic heterocycles. The van der Waals surface area contributed by atoms with Crippen molar-refractivity contribution in [2.24, 2.45) is 0 Å². The Kier molecular flexibility index (Phi) is 4.48. The Balaban J connectivity index is 2.26. The largest absolute Gasteiger partial charge is 0.207 e. The van der Waals surface area contributed by atoms with E-state index >= 15 is 0 Å². The fourth-order valence-electron chi connectivity index (χ4n) is 2.07. The molecule has 0 spiro atoms. The standard InChI is InChI=1S/C15H12ClF3/c16-9-11(14-3-1-2-4-15(14)19)5-10-6-12(17)8-13(18)7-10/h1-4,6-8,11H,5,9H2. The van der Waals surface area contributed by atoms with Gasteiger partial charge < -0.3 is 0 Å². The van der Waals surface area contributed by atoms with Crippen molar-refractivity contribution < 1.29 is 13.2 Å². The fourth-order valence-corrected chi connectivity index (χ4v) is 2.34. The van der Waals surface area contributed by atoms with Crippen LogP contribution in [0.5, 0.6) is 0 Å². The van der Waals surface area contributed by atoms with Gasteiger partial charge in [0, 0.05) is 17.9 Å². The second kappa shape index (κ2) is 6.11. The number of halogens is 4. The van der Waals surface area contributed by atoms with Crippen LogP contribution in [0.1, 0.15) is 17.0 Å². The Labute approximate surface area is 114 Å². The topological polar surface area (TPSA) is 0 Å². The van der Waals surface area contributed by atoms with E-state index in [-0.39, 0.29) is 17.6 Å². The summed E-state index contributed by atoms with van der Waals surface area (Å²) in [5.41, 5.74) is 0.925. The van der Waals surface area contributed by atoms with Crippen LogP contribution < -0.4 is 0 Å². The van der Waals surface area contributed by atoms with Crippen LogP contribution in [0, 0.1) is 17.5 Å². The molecule has 0 amide bonds. The summed E-state index contributed by atoms with van der Waals surface area (Å²) in [6, 6.07) is 9.57. The normalized spacial score (nSPS) is 12.4. The van der Waals surface area contributed by atoms with Crippen LogP contribution in [-0.2, 0) is 6.42 Å². The van der Waals surface area contributed by atoms with Crippen LogP contribution in [0.4, 0.5) is 13.2 Å². The van der Waals surface area contributed by atoms with Crippen molar-refractivity contribution in [3.63, 3.8) is 0 Å². The van der Waals surface area contributed by atoms with Gasteiger partial charge in [-0.25, -0.2) is 13.2 Å². The minimum absolute atomic E-state index is 0.180. The van der Waals surface area contributed by atoms with E-state index < -0.39 is 11.6 Å². The van der Waals surface area contributed by atoms with Gasteiger partial charge in [0.1, 0.15) is 17.5 Å². The molecule has 2 aromatic rings. The molecule has 0 heterocycles. The summed E-state index contributed by atoms with van der Waals surface area (Å²) in [5, 5.41) is 0. The quantitative estimate of drug-likeness (QED) is 0.716. The molecule has 19 heavy (non-hydrogen) atoms. The zero-order valence-electron chi connectivity index (χ0n) is 10.0. The highest BCUT2D eigenvalue weighted by molar-refractivity contribution is 6.18. The number of rotatable bonds is 4. The van der Waals surface area contributed by atoms with Crippen LogP contribution in [0.2, 0.25) is 0 Å². The van der Waals surface area contributed by atoms with Gasteiger partial charge in [0.05, 0.1) is 0 Å². The van der Waals surface area contributed by atoms with Gasteiger partial charge in [-0.15, -0.1) is 11.6 Å². The fraction of sp³-hybridized carbons (Fsp3) is 0.200. The third-order valence-electron chi connectivity index (χ3n) is 2.94. The van der Waals surface area contributed by atoms with Crippen LogP contribution >= 0.6 is 11.6 Å². The molecule has 0 bridgehead atoms. The Morgan fingerprint density at radius 2 is 1.58 bits per heavy atom. The molecule has 0 N–H and O–H groups in total. The van der Waals surface area contributed by atoms with E-state index in [1.54, 1.807) is 18.2 Å². The first-order chi connectivity index (χ1) is 9.10. The minimum atomic E-state index is -0.642. The van der Waals surface area contributed by atoms with Crippen molar-refractivity contribution in [3.8, 4) is 0 Å². The maximum atomic E-state index is 13.7. The van der Waals surface area contributed by atoms with Crippen molar-refractivity contribution in [3.05, 3.63) is 71.0 Å². The Morgan fingerprint density at radius 1 is 0.947 bits per heavy atom. The van der Waals surface area contributed by atoms with Gasteiger partial charge >= 0.3 is 0 Å². The Bertz CT molecular complexity index is 549. The van der Waals surface area contributed by atoms with E-state index in [1.165, 1.54) is 18.2 Å². The molecule has 2 aromatic carbocycles. The SMILES string of the molecule is Fc1cc(F)cc(CC(CCl)c2ccccc2F)c1. The van der Waals surface area contributed by atoms with Crippen molar-refractivity contribution in [1.82, 2.24) is 0 Å². The molecular formula is C15H12ClF3. The molecule has 0 saturated heterocycles. The summed E-state index contributed by atoms with van der Waals surface area (Å²) < 4.78 is 39.9. The molecule has 100 valence electrons. The minimum Gasteiger partial charge on any atom is -0.207 e. The van der Waals surface area contributed by atoms with Crippen molar-refractivity contribution in [2.45, 2.75) is 12.3 Å². The van der Waals surface area contributed by atoms with E-state index in [0.29, 0.717) is 17.5 Å². The third kappa shape index (κ3) is 3.51. The Morgan fingerprint density at radius 3 is 2.16 bits per heavy atom. The summed E-state index contributed by atoms with van der Waals surface area (Å²) in [5.74, 6) is -1.78. The smallest absolute Gasteiger partial charge is 0.126 e. The molecule has 0 saturated carbocycles. The van der Waals surface area contributed by atoms with E-state index in [2.05, 4.69) is 0 Å². The molecule has 0 aliphatic rings. The molecule has 0 nitrogen and oxygen atoms in total. The van der Waals surface area contributed by atoms with Crippen LogP contribution in [-0.4, -0.2) is 5.88 Å². The van der Waals surface area contributed by atoms with Gasteiger partial charge in [0.2, 0.25) is 0 Å². The van der Waals surface area contributed by atoms with E-state index in [4.69, 9.17) is 11.6 Å². The van der Waals surface area contributed by atoms with E-state index in [1.807, 2.05) is 0 Å². The molecule has 0 aliphatic heterocycles. The number of hydrogen-bond donors (Lipinski definition) is 0. The third-order valence-corrected chi connectivity index (χ3v) is 3.31. The van der Waals surface area contributed by atoms with Crippen molar-refractivity contribution in [1.29, 1.82) is 0 Å². The van der Waals surface area contributed by atoms with Gasteiger partial charge in [-0.2, -0.15) is 0 Å². The summed E-state index contributed by atoms with van der Waals surface area (Å²) in [6.07, 6.45) is 0.291. The van der Waals surface area contributed by atoms with Gasteiger partial charge in [0.25, 0.3) is 0 Å². The lowest BCUT2D eigenvalue weighted by molar-refractivity contribution is 0.572. The summed E-state index contributed by atoms with van der Waals surface area (Å²) in [7, 11) is 0. The highest BCUT2D eigenvalue weighted by Crippen LogP contribution is 2.25. The summed E-state index contributed by atoms with van der Waals surface area (Å²) >= 11 is 5.85. The lowest BCUT2D eigenvalue weighted by Gasteiger charge is -2.15. The van der Waals surface area contributed by atoms with E-state index in [0.717, 1.165) is 6.07 Å². The first kappa shape index (κ1) is 13.9. The molecule has 0 aliphatic carbocycles. The second-order valence-electron chi connectivity index (χ2n) is 4.35. The first-order valence-corrected chi connectivity index (χ1v) is 6.39. The summed E-state index contributed by atoms with van der Waals surface area (Å²) in [4.78, 5) is 0. The average molecular weight is 285 g/mol. The lowest BCUT2D eigenvalue weighted by Crippen LogP contribution is -2.07. The summed E-state index contributed by atoms with van der Waals surface area (Å²) in [6.45, 7) is 0. The molecule has 0 fully saturated rings. The molecule has 1 unspecified atom stereocenters. The monoisotopic (exact) mass is 284 g/mol. The molecular weight excluding hydrogens is 273 g/mol. The van der Waals surface area contributed by atoms with Crippen LogP contribution in [0.3, 0.4) is 0 Å². The highest BCUT2D eigenvalue weighted by atomic mass is 35.5. The van der Waals surface area contributed by atoms with Gasteiger partial charge in [-0.3, -0.25) is 0 Å². The zero-order valence-corrected chi connectivity index (χ0v) is 10.8. The van der Waals surface area contributed by atoms with Crippen molar-refractivity contribution in [2.75, 3.05) is 5.88 Å². The molecule has 1 atom stereocenters.